The molecule has 3 N–H and O–H groups in total. The SMILES string of the molecule is N[C@H](C(=O)N1CCn2nc(CN3CCNC(=O)C3)cc2C1)C1CCCCC1. The van der Waals surface area contributed by atoms with Gasteiger partial charge in [0.25, 0.3) is 0 Å². The summed E-state index contributed by atoms with van der Waals surface area (Å²) in [6, 6.07) is 1.70. The van der Waals surface area contributed by atoms with Crippen molar-refractivity contribution in [1.82, 2.24) is 24.9 Å². The number of amides is 2. The van der Waals surface area contributed by atoms with E-state index in [1.807, 2.05) is 9.58 Å². The molecule has 1 saturated carbocycles. The Hall–Kier alpha value is -1.93. The van der Waals surface area contributed by atoms with Crippen molar-refractivity contribution in [3.8, 4) is 0 Å². The lowest BCUT2D eigenvalue weighted by Gasteiger charge is -2.33. The quantitative estimate of drug-likeness (QED) is 0.777. The van der Waals surface area contributed by atoms with Gasteiger partial charge in [-0.05, 0) is 24.8 Å². The van der Waals surface area contributed by atoms with Crippen molar-refractivity contribution < 1.29 is 9.59 Å². The summed E-state index contributed by atoms with van der Waals surface area (Å²) in [5, 5.41) is 7.51. The monoisotopic (exact) mass is 374 g/mol. The highest BCUT2D eigenvalue weighted by Gasteiger charge is 2.31. The third-order valence-corrected chi connectivity index (χ3v) is 6.11. The highest BCUT2D eigenvalue weighted by Crippen LogP contribution is 2.27. The van der Waals surface area contributed by atoms with Crippen LogP contribution in [-0.4, -0.2) is 63.6 Å². The Morgan fingerprint density at radius 3 is 2.81 bits per heavy atom. The van der Waals surface area contributed by atoms with Crippen LogP contribution in [0.1, 0.15) is 43.5 Å². The minimum atomic E-state index is -0.369. The van der Waals surface area contributed by atoms with Gasteiger partial charge in [-0.15, -0.1) is 0 Å². The van der Waals surface area contributed by atoms with Crippen LogP contribution >= 0.6 is 0 Å². The first-order valence-corrected chi connectivity index (χ1v) is 10.2. The number of nitrogens with two attached hydrogens (primary N) is 1. The number of hydrogen-bond donors (Lipinski definition) is 2. The lowest BCUT2D eigenvalue weighted by Crippen LogP contribution is -2.50. The molecule has 3 heterocycles. The standard InChI is InChI=1S/C19H30N6O2/c20-18(14-4-2-1-3-5-14)19(27)24-8-9-25-16(12-24)10-15(22-25)11-23-7-6-21-17(26)13-23/h10,14,18H,1-9,11-13,20H2,(H,21,26)/t18-/m0/s1. The lowest BCUT2D eigenvalue weighted by molar-refractivity contribution is -0.135. The van der Waals surface area contributed by atoms with Gasteiger partial charge < -0.3 is 16.0 Å². The van der Waals surface area contributed by atoms with Gasteiger partial charge in [0.2, 0.25) is 11.8 Å². The molecule has 0 spiro atoms. The summed E-state index contributed by atoms with van der Waals surface area (Å²) < 4.78 is 2.00. The molecule has 3 aliphatic rings. The zero-order valence-electron chi connectivity index (χ0n) is 15.9. The van der Waals surface area contributed by atoms with Crippen molar-refractivity contribution in [3.63, 3.8) is 0 Å². The van der Waals surface area contributed by atoms with Crippen molar-refractivity contribution in [2.24, 2.45) is 11.7 Å². The average Bonchev–Trinajstić information content (AvgIpc) is 3.09. The molecule has 148 valence electrons. The molecule has 1 aromatic heterocycles. The van der Waals surface area contributed by atoms with E-state index < -0.39 is 0 Å². The Morgan fingerprint density at radius 1 is 1.22 bits per heavy atom. The van der Waals surface area contributed by atoms with Crippen LogP contribution in [0, 0.1) is 5.92 Å². The summed E-state index contributed by atoms with van der Waals surface area (Å²) in [4.78, 5) is 28.4. The maximum atomic E-state index is 12.9. The van der Waals surface area contributed by atoms with Gasteiger partial charge in [-0.3, -0.25) is 19.2 Å². The number of fused-ring (bicyclic) bond motifs is 1. The molecule has 0 radical (unpaired) electrons. The van der Waals surface area contributed by atoms with Crippen molar-refractivity contribution in [1.29, 1.82) is 0 Å². The number of hydrogen-bond acceptors (Lipinski definition) is 5. The largest absolute Gasteiger partial charge is 0.354 e. The number of carbonyl (C=O) groups is 2. The highest BCUT2D eigenvalue weighted by atomic mass is 16.2. The second kappa shape index (κ2) is 7.98. The minimum absolute atomic E-state index is 0.0682. The molecule has 8 heteroatoms. The smallest absolute Gasteiger partial charge is 0.240 e. The first kappa shape index (κ1) is 18.4. The van der Waals surface area contributed by atoms with Crippen molar-refractivity contribution in [3.05, 3.63) is 17.5 Å². The summed E-state index contributed by atoms with van der Waals surface area (Å²) in [6.45, 7) is 4.57. The number of piperazine rings is 1. The number of rotatable bonds is 4. The van der Waals surface area contributed by atoms with E-state index in [0.29, 0.717) is 45.2 Å². The maximum Gasteiger partial charge on any atom is 0.240 e. The van der Waals surface area contributed by atoms with Crippen LogP contribution < -0.4 is 11.1 Å². The summed E-state index contributed by atoms with van der Waals surface area (Å²) in [7, 11) is 0. The summed E-state index contributed by atoms with van der Waals surface area (Å²) in [5.41, 5.74) is 8.35. The molecule has 1 aliphatic carbocycles. The zero-order valence-corrected chi connectivity index (χ0v) is 15.9. The fourth-order valence-corrected chi connectivity index (χ4v) is 4.55. The summed E-state index contributed by atoms with van der Waals surface area (Å²) in [6.07, 6.45) is 5.80. The molecule has 0 bridgehead atoms. The van der Waals surface area contributed by atoms with Crippen LogP contribution in [0.2, 0.25) is 0 Å². The van der Waals surface area contributed by atoms with E-state index in [9.17, 15) is 9.59 Å². The van der Waals surface area contributed by atoms with Gasteiger partial charge in [0, 0.05) is 26.2 Å². The van der Waals surface area contributed by atoms with E-state index in [1.54, 1.807) is 0 Å². The average molecular weight is 374 g/mol. The second-order valence-corrected chi connectivity index (χ2v) is 8.09. The van der Waals surface area contributed by atoms with E-state index in [0.717, 1.165) is 30.8 Å². The van der Waals surface area contributed by atoms with Gasteiger partial charge in [-0.2, -0.15) is 5.10 Å². The Balaban J connectivity index is 1.37. The topological polar surface area (TPSA) is 96.5 Å². The molecule has 2 fully saturated rings. The van der Waals surface area contributed by atoms with E-state index in [-0.39, 0.29) is 17.9 Å². The molecule has 4 rings (SSSR count). The van der Waals surface area contributed by atoms with Crippen molar-refractivity contribution in [2.75, 3.05) is 26.2 Å². The maximum absolute atomic E-state index is 12.9. The van der Waals surface area contributed by atoms with Crippen LogP contribution in [0.3, 0.4) is 0 Å². The molecule has 1 aromatic rings. The Kier molecular flexibility index (Phi) is 5.45. The van der Waals surface area contributed by atoms with Gasteiger partial charge in [0.05, 0.1) is 37.1 Å². The highest BCUT2D eigenvalue weighted by molar-refractivity contribution is 5.82. The van der Waals surface area contributed by atoms with Crippen LogP contribution in [0.5, 0.6) is 0 Å². The number of aromatic nitrogens is 2. The molecule has 8 nitrogen and oxygen atoms in total. The molecule has 2 aliphatic heterocycles. The first-order chi connectivity index (χ1) is 13.1. The third-order valence-electron chi connectivity index (χ3n) is 6.11. The predicted octanol–water partition coefficient (Wildman–Crippen LogP) is 0.0647. The van der Waals surface area contributed by atoms with E-state index in [2.05, 4.69) is 21.4 Å². The Morgan fingerprint density at radius 2 is 2.04 bits per heavy atom. The molecule has 27 heavy (non-hydrogen) atoms. The summed E-state index contributed by atoms with van der Waals surface area (Å²) in [5.74, 6) is 0.487. The van der Waals surface area contributed by atoms with E-state index in [1.165, 1.54) is 19.3 Å². The first-order valence-electron chi connectivity index (χ1n) is 10.2. The number of nitrogens with zero attached hydrogens (tertiary/aromatic N) is 4. The van der Waals surface area contributed by atoms with Crippen molar-refractivity contribution >= 4 is 11.8 Å². The molecule has 1 saturated heterocycles. The molecule has 0 unspecified atom stereocenters. The molecular weight excluding hydrogens is 344 g/mol. The second-order valence-electron chi connectivity index (χ2n) is 8.09. The number of carbonyl (C=O) groups excluding carboxylic acids is 2. The van der Waals surface area contributed by atoms with Crippen LogP contribution in [0.4, 0.5) is 0 Å². The third kappa shape index (κ3) is 4.16. The van der Waals surface area contributed by atoms with Gasteiger partial charge in [-0.1, -0.05) is 19.3 Å². The van der Waals surface area contributed by atoms with Gasteiger partial charge in [0.15, 0.2) is 0 Å². The molecule has 2 amide bonds. The van der Waals surface area contributed by atoms with Gasteiger partial charge in [0.1, 0.15) is 0 Å². The molecular formula is C19H30N6O2. The number of nitrogens with one attached hydrogen (secondary N) is 1. The van der Waals surface area contributed by atoms with Gasteiger partial charge in [-0.25, -0.2) is 0 Å². The fraction of sp³-hybridized carbons (Fsp3) is 0.737. The van der Waals surface area contributed by atoms with Crippen LogP contribution in [-0.2, 0) is 29.2 Å². The molecule has 1 atom stereocenters. The van der Waals surface area contributed by atoms with E-state index in [4.69, 9.17) is 5.73 Å². The van der Waals surface area contributed by atoms with Gasteiger partial charge >= 0.3 is 0 Å². The van der Waals surface area contributed by atoms with Crippen LogP contribution in [0.25, 0.3) is 0 Å². The Labute approximate surface area is 160 Å². The Bertz CT molecular complexity index is 696. The van der Waals surface area contributed by atoms with E-state index >= 15 is 0 Å². The normalized spacial score (nSPS) is 23.0. The minimum Gasteiger partial charge on any atom is -0.354 e. The molecule has 0 aromatic carbocycles. The fourth-order valence-electron chi connectivity index (χ4n) is 4.55. The lowest BCUT2D eigenvalue weighted by atomic mass is 9.83. The van der Waals surface area contributed by atoms with Crippen molar-refractivity contribution in [2.45, 2.75) is 57.8 Å². The zero-order chi connectivity index (χ0) is 18.8. The summed E-state index contributed by atoms with van der Waals surface area (Å²) >= 11 is 0. The van der Waals surface area contributed by atoms with Crippen LogP contribution in [0.15, 0.2) is 6.07 Å². The predicted molar refractivity (Wildman–Crippen MR) is 100 cm³/mol.